The summed E-state index contributed by atoms with van der Waals surface area (Å²) in [6, 6.07) is 8.30. The van der Waals surface area contributed by atoms with Crippen LogP contribution in [0.4, 0.5) is 5.69 Å². The summed E-state index contributed by atoms with van der Waals surface area (Å²) < 4.78 is 0. The standard InChI is InChI=1S/C9H9N.2C2H6/c1-2-6-9-8(4-1)5-3-7-10-9;2*1-2/h1-6,10H,7H2;2*1-2H3. The molecule has 1 nitrogen and oxygen atoms in total. The molecule has 0 amide bonds. The first-order valence-corrected chi connectivity index (χ1v) is 5.46. The number of hydrogen-bond acceptors (Lipinski definition) is 1. The van der Waals surface area contributed by atoms with Gasteiger partial charge in [0.15, 0.2) is 0 Å². The lowest BCUT2D eigenvalue weighted by Gasteiger charge is -2.11. The van der Waals surface area contributed by atoms with E-state index in [-0.39, 0.29) is 0 Å². The lowest BCUT2D eigenvalue weighted by Crippen LogP contribution is -2.03. The summed E-state index contributed by atoms with van der Waals surface area (Å²) in [6.07, 6.45) is 4.27. The van der Waals surface area contributed by atoms with Crippen LogP contribution in [0.3, 0.4) is 0 Å². The van der Waals surface area contributed by atoms with Crippen molar-refractivity contribution >= 4 is 11.8 Å². The number of hydrogen-bond donors (Lipinski definition) is 1. The van der Waals surface area contributed by atoms with E-state index in [2.05, 4.69) is 35.7 Å². The highest BCUT2D eigenvalue weighted by Crippen LogP contribution is 2.18. The van der Waals surface area contributed by atoms with Gasteiger partial charge in [-0.3, -0.25) is 0 Å². The fraction of sp³-hybridized carbons (Fsp3) is 0.385. The predicted octanol–water partition coefficient (Wildman–Crippen LogP) is 4.18. The van der Waals surface area contributed by atoms with E-state index < -0.39 is 0 Å². The Balaban J connectivity index is 0.000000379. The summed E-state index contributed by atoms with van der Waals surface area (Å²) in [5, 5.41) is 3.28. The van der Waals surface area contributed by atoms with Crippen molar-refractivity contribution in [3.8, 4) is 0 Å². The van der Waals surface area contributed by atoms with Gasteiger partial charge in [-0.05, 0) is 11.6 Å². The Kier molecular flexibility index (Phi) is 7.62. The monoisotopic (exact) mass is 191 g/mol. The molecule has 0 aliphatic carbocycles. The largest absolute Gasteiger partial charge is 0.381 e. The summed E-state index contributed by atoms with van der Waals surface area (Å²) in [5.41, 5.74) is 2.53. The van der Waals surface area contributed by atoms with Crippen molar-refractivity contribution in [3.63, 3.8) is 0 Å². The van der Waals surface area contributed by atoms with Gasteiger partial charge in [-0.1, -0.05) is 58.0 Å². The van der Waals surface area contributed by atoms with E-state index in [1.54, 1.807) is 0 Å². The maximum absolute atomic E-state index is 3.28. The van der Waals surface area contributed by atoms with Crippen LogP contribution in [0.2, 0.25) is 0 Å². The van der Waals surface area contributed by atoms with Gasteiger partial charge in [-0.25, -0.2) is 0 Å². The first kappa shape index (κ1) is 12.8. The first-order chi connectivity index (χ1) is 6.97. The van der Waals surface area contributed by atoms with Gasteiger partial charge in [-0.2, -0.15) is 0 Å². The number of nitrogens with one attached hydrogen (secondary N) is 1. The number of anilines is 1. The number of para-hydroxylation sites is 1. The summed E-state index contributed by atoms with van der Waals surface area (Å²) in [6.45, 7) is 8.96. The van der Waals surface area contributed by atoms with E-state index in [1.165, 1.54) is 11.3 Å². The molecule has 14 heavy (non-hydrogen) atoms. The lowest BCUT2D eigenvalue weighted by molar-refractivity contribution is 1.31. The fourth-order valence-electron chi connectivity index (χ4n) is 1.16. The molecule has 1 heterocycles. The van der Waals surface area contributed by atoms with Gasteiger partial charge in [0.05, 0.1) is 0 Å². The van der Waals surface area contributed by atoms with E-state index in [9.17, 15) is 0 Å². The highest BCUT2D eigenvalue weighted by Gasteiger charge is 1.98. The van der Waals surface area contributed by atoms with Gasteiger partial charge in [0.1, 0.15) is 0 Å². The zero-order valence-electron chi connectivity index (χ0n) is 9.67. The maximum Gasteiger partial charge on any atom is 0.0416 e. The van der Waals surface area contributed by atoms with E-state index in [0.29, 0.717) is 0 Å². The summed E-state index contributed by atoms with van der Waals surface area (Å²) >= 11 is 0. The third-order valence-corrected chi connectivity index (χ3v) is 1.67. The molecule has 0 fully saturated rings. The average molecular weight is 191 g/mol. The Labute approximate surface area is 87.9 Å². The summed E-state index contributed by atoms with van der Waals surface area (Å²) in [7, 11) is 0. The Hall–Kier alpha value is -1.24. The van der Waals surface area contributed by atoms with E-state index in [4.69, 9.17) is 0 Å². The molecule has 0 aromatic heterocycles. The van der Waals surface area contributed by atoms with Gasteiger partial charge in [0.25, 0.3) is 0 Å². The third kappa shape index (κ3) is 3.65. The first-order valence-electron chi connectivity index (χ1n) is 5.46. The van der Waals surface area contributed by atoms with Crippen molar-refractivity contribution in [2.24, 2.45) is 0 Å². The van der Waals surface area contributed by atoms with Gasteiger partial charge >= 0.3 is 0 Å². The Morgan fingerprint density at radius 1 is 1.00 bits per heavy atom. The Bertz CT molecular complexity index is 264. The highest BCUT2D eigenvalue weighted by atomic mass is 14.9. The zero-order valence-corrected chi connectivity index (χ0v) is 9.67. The van der Waals surface area contributed by atoms with Crippen LogP contribution in [0.25, 0.3) is 6.08 Å². The second kappa shape index (κ2) is 8.36. The topological polar surface area (TPSA) is 12.0 Å². The zero-order chi connectivity index (χ0) is 10.8. The molecule has 0 atom stereocenters. The minimum Gasteiger partial charge on any atom is -0.381 e. The van der Waals surface area contributed by atoms with Crippen molar-refractivity contribution in [3.05, 3.63) is 35.9 Å². The molecule has 0 bridgehead atoms. The van der Waals surface area contributed by atoms with Crippen LogP contribution in [0.5, 0.6) is 0 Å². The van der Waals surface area contributed by atoms with Crippen molar-refractivity contribution < 1.29 is 0 Å². The molecule has 0 unspecified atom stereocenters. The van der Waals surface area contributed by atoms with Crippen LogP contribution in [0.1, 0.15) is 33.3 Å². The molecular weight excluding hydrogens is 170 g/mol. The second-order valence-corrected chi connectivity index (χ2v) is 2.37. The molecule has 1 aromatic carbocycles. The maximum atomic E-state index is 3.28. The van der Waals surface area contributed by atoms with Crippen LogP contribution >= 0.6 is 0 Å². The number of benzene rings is 1. The minimum absolute atomic E-state index is 0.955. The van der Waals surface area contributed by atoms with Crippen molar-refractivity contribution in [1.82, 2.24) is 0 Å². The molecule has 1 heteroatoms. The third-order valence-electron chi connectivity index (χ3n) is 1.67. The van der Waals surface area contributed by atoms with Gasteiger partial charge < -0.3 is 5.32 Å². The molecule has 1 N–H and O–H groups in total. The molecule has 1 aliphatic rings. The van der Waals surface area contributed by atoms with E-state index in [1.807, 2.05) is 33.8 Å². The van der Waals surface area contributed by atoms with Crippen molar-refractivity contribution in [2.75, 3.05) is 11.9 Å². The fourth-order valence-corrected chi connectivity index (χ4v) is 1.16. The SMILES string of the molecule is C1=Cc2ccccc2NC1.CC.CC. The molecular formula is C13H21N. The molecule has 0 saturated carbocycles. The van der Waals surface area contributed by atoms with Crippen LogP contribution in [-0.4, -0.2) is 6.54 Å². The average Bonchev–Trinajstić information content (AvgIpc) is 2.34. The van der Waals surface area contributed by atoms with Crippen LogP contribution in [0.15, 0.2) is 30.3 Å². The molecule has 2 rings (SSSR count). The predicted molar refractivity (Wildman–Crippen MR) is 66.7 cm³/mol. The molecule has 0 spiro atoms. The van der Waals surface area contributed by atoms with Gasteiger partial charge in [0.2, 0.25) is 0 Å². The lowest BCUT2D eigenvalue weighted by atomic mass is 10.1. The smallest absolute Gasteiger partial charge is 0.0416 e. The van der Waals surface area contributed by atoms with Crippen molar-refractivity contribution in [1.29, 1.82) is 0 Å². The normalized spacial score (nSPS) is 10.9. The Morgan fingerprint density at radius 3 is 2.29 bits per heavy atom. The van der Waals surface area contributed by atoms with Crippen LogP contribution in [-0.2, 0) is 0 Å². The van der Waals surface area contributed by atoms with Crippen molar-refractivity contribution in [2.45, 2.75) is 27.7 Å². The highest BCUT2D eigenvalue weighted by molar-refractivity contribution is 5.69. The van der Waals surface area contributed by atoms with E-state index >= 15 is 0 Å². The molecule has 0 radical (unpaired) electrons. The summed E-state index contributed by atoms with van der Waals surface area (Å²) in [4.78, 5) is 0. The molecule has 1 aliphatic heterocycles. The quantitative estimate of drug-likeness (QED) is 0.648. The molecule has 78 valence electrons. The van der Waals surface area contributed by atoms with Crippen LogP contribution in [0, 0.1) is 0 Å². The van der Waals surface area contributed by atoms with Gasteiger partial charge in [0, 0.05) is 12.2 Å². The van der Waals surface area contributed by atoms with Crippen LogP contribution < -0.4 is 5.32 Å². The van der Waals surface area contributed by atoms with Gasteiger partial charge in [-0.15, -0.1) is 0 Å². The summed E-state index contributed by atoms with van der Waals surface area (Å²) in [5.74, 6) is 0. The second-order valence-electron chi connectivity index (χ2n) is 2.37. The minimum atomic E-state index is 0.955. The molecule has 1 aromatic rings. The Morgan fingerprint density at radius 2 is 1.64 bits per heavy atom. The van der Waals surface area contributed by atoms with E-state index in [0.717, 1.165) is 6.54 Å². The number of fused-ring (bicyclic) bond motifs is 1. The number of rotatable bonds is 0. The molecule has 0 saturated heterocycles.